The van der Waals surface area contributed by atoms with Crippen LogP contribution in [0.2, 0.25) is 30.2 Å². The van der Waals surface area contributed by atoms with Crippen LogP contribution in [0.25, 0.3) is 0 Å². The molecule has 4 heterocycles. The predicted molar refractivity (Wildman–Crippen MR) is 384 cm³/mol. The number of allylic oxidation sites excluding steroid dienone is 2. The first-order valence-electron chi connectivity index (χ1n) is 37.7. The van der Waals surface area contributed by atoms with Crippen molar-refractivity contribution in [2.75, 3.05) is 13.2 Å². The van der Waals surface area contributed by atoms with Gasteiger partial charge in [-0.25, -0.2) is 9.59 Å². The van der Waals surface area contributed by atoms with E-state index >= 15 is 0 Å². The van der Waals surface area contributed by atoms with E-state index in [1.807, 2.05) is 95.2 Å². The number of ether oxygens (including phenoxy) is 10. The number of carbonyl (C=O) groups excluding carboxylic acids is 6. The molecule has 2 aromatic carbocycles. The summed E-state index contributed by atoms with van der Waals surface area (Å²) < 4.78 is 84.2. The van der Waals surface area contributed by atoms with Crippen LogP contribution in [0.1, 0.15) is 217 Å². The fourth-order valence-corrected chi connectivity index (χ4v) is 23.8. The zero-order valence-corrected chi connectivity index (χ0v) is 66.3. The monoisotopic (exact) mass is 1450 g/mol. The highest BCUT2D eigenvalue weighted by molar-refractivity contribution is 6.73. The van der Waals surface area contributed by atoms with Crippen molar-refractivity contribution in [1.29, 1.82) is 0 Å². The van der Waals surface area contributed by atoms with E-state index in [2.05, 4.69) is 41.5 Å². The van der Waals surface area contributed by atoms with Crippen LogP contribution in [0.4, 0.5) is 0 Å². The molecule has 6 aliphatic carbocycles. The van der Waals surface area contributed by atoms with E-state index in [1.165, 1.54) is 6.92 Å². The molecule has 2 aromatic rings. The van der Waals surface area contributed by atoms with Gasteiger partial charge in [-0.3, -0.25) is 19.2 Å². The Hall–Kier alpha value is -4.99. The number of fused-ring (bicyclic) bond motifs is 16. The third kappa shape index (κ3) is 13.0. The van der Waals surface area contributed by atoms with Gasteiger partial charge >= 0.3 is 23.9 Å². The Balaban J connectivity index is 0.000000204. The molecule has 10 aliphatic rings. The van der Waals surface area contributed by atoms with Crippen molar-refractivity contribution in [3.05, 3.63) is 94.1 Å². The summed E-state index contributed by atoms with van der Waals surface area (Å²) in [5, 5.41) is 27.0. The van der Waals surface area contributed by atoms with E-state index in [4.69, 9.17) is 51.8 Å². The molecule has 8 fully saturated rings. The zero-order chi connectivity index (χ0) is 75.1. The summed E-state index contributed by atoms with van der Waals surface area (Å²) in [6, 6.07) is 21.8. The van der Waals surface area contributed by atoms with Crippen molar-refractivity contribution in [2.45, 2.75) is 315 Å². The lowest BCUT2D eigenvalue weighted by molar-refractivity contribution is -0.359. The molecular weight excluding hydrogens is 1340 g/mol. The van der Waals surface area contributed by atoms with E-state index in [0.29, 0.717) is 52.7 Å². The van der Waals surface area contributed by atoms with Crippen LogP contribution in [0, 0.1) is 39.4 Å². The summed E-state index contributed by atoms with van der Waals surface area (Å²) in [5.41, 5.74) is -7.28. The largest absolute Gasteiger partial charge is 0.455 e. The average Bonchev–Trinajstić information content (AvgIpc) is 1.18. The van der Waals surface area contributed by atoms with E-state index in [0.717, 1.165) is 36.6 Å². The molecule has 20 nitrogen and oxygen atoms in total. The van der Waals surface area contributed by atoms with E-state index < -0.39 is 157 Å². The van der Waals surface area contributed by atoms with Gasteiger partial charge in [0.25, 0.3) is 8.68 Å². The van der Waals surface area contributed by atoms with Gasteiger partial charge in [-0.2, -0.15) is 0 Å². The normalized spacial score (nSPS) is 37.8. The average molecular weight is 1450 g/mol. The fourth-order valence-electron chi connectivity index (χ4n) is 20.3. The molecule has 4 bridgehead atoms. The molecule has 4 saturated carbocycles. The maximum atomic E-state index is 14.3. The molecule has 4 saturated heterocycles. The van der Waals surface area contributed by atoms with Crippen molar-refractivity contribution >= 4 is 52.4 Å². The van der Waals surface area contributed by atoms with Crippen LogP contribution >= 0.6 is 0 Å². The predicted octanol–water partition coefficient (Wildman–Crippen LogP) is 13.5. The number of benzene rings is 2. The van der Waals surface area contributed by atoms with Crippen molar-refractivity contribution < 1.29 is 95.2 Å². The summed E-state index contributed by atoms with van der Waals surface area (Å²) in [4.78, 5) is 82.7. The molecule has 0 spiro atoms. The molecule has 0 radical (unpaired) electrons. The number of hydrogen-bond donors (Lipinski definition) is 2. The molecule has 102 heavy (non-hydrogen) atoms. The van der Waals surface area contributed by atoms with Crippen molar-refractivity contribution in [3.63, 3.8) is 0 Å². The molecule has 12 rings (SSSR count). The summed E-state index contributed by atoms with van der Waals surface area (Å²) in [7, 11) is -3.45. The van der Waals surface area contributed by atoms with Crippen LogP contribution in [-0.4, -0.2) is 165 Å². The highest BCUT2D eigenvalue weighted by atomic mass is 28.4. The Morgan fingerprint density at radius 3 is 1.36 bits per heavy atom. The first-order chi connectivity index (χ1) is 47.7. The third-order valence-electron chi connectivity index (χ3n) is 26.3. The minimum Gasteiger partial charge on any atom is -0.455 e. The summed E-state index contributed by atoms with van der Waals surface area (Å²) in [5.74, 6) is -6.07. The standard InChI is InChI=1S/C39H56O10Si.C37H50O9.C4H10OSi/c1-11-50(12-2,13-3)49-27-21-28-38(22-44-28,46-24(5)40)31-33(45-34(42)25-17-15-14-16-18-25)39(43)20-19-26(41)23(4)29(35(39,6)7)30-32(37(27,31)10)48-36(8,9)47-30;1-9-14-26(39)44-36-20-42-25(36)19-23(10-2)35(8)29(36)31(43-32(40)22-15-12-11-13-16-22)37(41)18-17-24(38)21(3)27(33(37,4)5)28-30(35)46-34(6,7)45-28;1-3-6(5)4-2/h14-18,27-28,30-33,43H,11-13,19-22H2,1-10H3;11-13,15-16,23,25,28-31,41H,9-10,14,17-20H2,1-8H3;3-4H2,1-2H3/t27-,28+,30+,31-,32+,33-,37+,38-,39+;23-,25+,28+,29-,30+,31-,35+,36-,37+;/m00./s1. The van der Waals surface area contributed by atoms with Crippen molar-refractivity contribution in [2.24, 2.45) is 39.4 Å². The highest BCUT2D eigenvalue weighted by Crippen LogP contribution is 2.70. The Bertz CT molecular complexity index is 3570. The van der Waals surface area contributed by atoms with E-state index in [-0.39, 0.29) is 68.8 Å². The van der Waals surface area contributed by atoms with Gasteiger partial charge in [-0.15, -0.1) is 0 Å². The van der Waals surface area contributed by atoms with Crippen LogP contribution in [0.15, 0.2) is 83.0 Å². The first-order valence-corrected chi connectivity index (χ1v) is 42.1. The van der Waals surface area contributed by atoms with Crippen LogP contribution in [-0.2, 0) is 75.4 Å². The lowest BCUT2D eigenvalue weighted by Gasteiger charge is -2.69. The lowest BCUT2D eigenvalue weighted by Crippen LogP contribution is -2.82. The summed E-state index contributed by atoms with van der Waals surface area (Å²) >= 11 is 0. The smallest absolute Gasteiger partial charge is 0.338 e. The first kappa shape index (κ1) is 79.6. The second-order valence-electron chi connectivity index (χ2n) is 33.0. The van der Waals surface area contributed by atoms with Crippen LogP contribution in [0.3, 0.4) is 0 Å². The Labute approximate surface area is 606 Å². The zero-order valence-electron chi connectivity index (χ0n) is 64.3. The Morgan fingerprint density at radius 2 is 0.990 bits per heavy atom. The number of rotatable bonds is 16. The van der Waals surface area contributed by atoms with Gasteiger partial charge in [-0.1, -0.05) is 133 Å². The molecule has 564 valence electrons. The highest BCUT2D eigenvalue weighted by Gasteiger charge is 2.81. The maximum absolute atomic E-state index is 14.3. The van der Waals surface area contributed by atoms with E-state index in [9.17, 15) is 43.4 Å². The second-order valence-corrected chi connectivity index (χ2v) is 40.3. The number of hydrogen-bond acceptors (Lipinski definition) is 20. The maximum Gasteiger partial charge on any atom is 0.338 e. The molecule has 0 unspecified atom stereocenters. The van der Waals surface area contributed by atoms with Crippen LogP contribution in [0.5, 0.6) is 0 Å². The minimum absolute atomic E-state index is 0.00535. The number of Topliss-reactive ketones (excluding diaryl/α,β-unsaturated/α-hetero) is 2. The van der Waals surface area contributed by atoms with Crippen molar-refractivity contribution in [3.8, 4) is 0 Å². The van der Waals surface area contributed by atoms with Gasteiger partial charge < -0.3 is 66.5 Å². The van der Waals surface area contributed by atoms with Gasteiger partial charge in [0, 0.05) is 54.3 Å². The van der Waals surface area contributed by atoms with Crippen molar-refractivity contribution in [1.82, 2.24) is 0 Å². The molecule has 22 heteroatoms. The van der Waals surface area contributed by atoms with Gasteiger partial charge in [0.15, 0.2) is 42.7 Å². The van der Waals surface area contributed by atoms with Gasteiger partial charge in [-0.05, 0) is 150 Å². The number of esters is 4. The molecule has 18 atom stereocenters. The summed E-state index contributed by atoms with van der Waals surface area (Å²) in [6.45, 7) is 38.9. The van der Waals surface area contributed by atoms with Gasteiger partial charge in [0.2, 0.25) is 0 Å². The third-order valence-corrected chi connectivity index (χ3v) is 32.6. The second kappa shape index (κ2) is 29.0. The van der Waals surface area contributed by atoms with Crippen LogP contribution < -0.4 is 0 Å². The topological polar surface area (TPSA) is 261 Å². The molecule has 0 aromatic heterocycles. The minimum atomic E-state index is -2.33. The SMILES string of the molecule is CCCC(=O)O[C@@]12CO[C@@H]1C[C@H](CC)[C@@]1(C)[C@@H]3OC(C)(C)O[C@@H]3C3=C(C)C(=O)CC[C@@](O)([C@@H](OC(=O)c4ccccc4)[C@H]21)C3(C)C.CC[Si](=O)CC.CC[Si](CC)(CC)O[C@H]1C[C@H]2OC[C@@]2(OC(C)=O)[C@H]2[C@H](OC(=O)c3ccccc3)[C@]3(O)CCC(=O)C(C)=C([C@H]4OC(C)(C)O[C@H]4[C@]12C)C3(C)C. The number of carbonyl (C=O) groups is 6. The summed E-state index contributed by atoms with van der Waals surface area (Å²) in [6.07, 6.45) is -4.14. The Morgan fingerprint density at radius 1 is 0.578 bits per heavy atom. The number of aliphatic hydroxyl groups is 2. The quantitative estimate of drug-likeness (QED) is 0.0899. The molecule has 4 aliphatic heterocycles. The molecule has 0 amide bonds. The Kier molecular flexibility index (Phi) is 22.6. The number of ketones is 2. The van der Waals surface area contributed by atoms with Gasteiger partial charge in [0.1, 0.15) is 47.8 Å². The fraction of sp³-hybridized carbons (Fsp3) is 0.725. The van der Waals surface area contributed by atoms with Gasteiger partial charge in [0.05, 0.1) is 54.5 Å². The molecular formula is C80H116O20Si2. The lowest BCUT2D eigenvalue weighted by atomic mass is 9.43. The van der Waals surface area contributed by atoms with E-state index in [1.54, 1.807) is 55.5 Å². The molecule has 2 N–H and O–H groups in total.